The molecule has 1 aromatic heterocycles. The second-order valence-electron chi connectivity index (χ2n) is 4.53. The Morgan fingerprint density at radius 1 is 1.55 bits per heavy atom. The van der Waals surface area contributed by atoms with E-state index in [1.807, 2.05) is 0 Å². The Morgan fingerprint density at radius 2 is 2.25 bits per heavy atom. The highest BCUT2D eigenvalue weighted by Gasteiger charge is 2.31. The summed E-state index contributed by atoms with van der Waals surface area (Å²) in [6.45, 7) is 0. The van der Waals surface area contributed by atoms with E-state index in [-0.39, 0.29) is 35.7 Å². The zero-order valence-electron chi connectivity index (χ0n) is 10.8. The van der Waals surface area contributed by atoms with E-state index in [4.69, 9.17) is 17.3 Å². The van der Waals surface area contributed by atoms with Crippen LogP contribution in [0.3, 0.4) is 0 Å². The van der Waals surface area contributed by atoms with Gasteiger partial charge in [-0.1, -0.05) is 17.7 Å². The van der Waals surface area contributed by atoms with Crippen molar-refractivity contribution < 1.29 is 18.3 Å². The summed E-state index contributed by atoms with van der Waals surface area (Å²) in [4.78, 5) is 15.5. The number of hydrogen-bond donors (Lipinski definition) is 1. The molecule has 0 spiro atoms. The minimum Gasteiger partial charge on any atom is -0.465 e. The highest BCUT2D eigenvalue weighted by Crippen LogP contribution is 2.37. The van der Waals surface area contributed by atoms with Crippen LogP contribution in [0.15, 0.2) is 12.1 Å². The third-order valence-electron chi connectivity index (χ3n) is 3.13. The van der Waals surface area contributed by atoms with Gasteiger partial charge in [-0.25, -0.2) is 18.6 Å². The minimum atomic E-state index is -2.68. The number of ether oxygens (including phenoxy) is 1. The molecule has 0 saturated carbocycles. The van der Waals surface area contributed by atoms with E-state index in [1.54, 1.807) is 0 Å². The summed E-state index contributed by atoms with van der Waals surface area (Å²) in [6, 6.07) is 1.44. The van der Waals surface area contributed by atoms with Crippen LogP contribution in [0.1, 0.15) is 35.3 Å². The largest absolute Gasteiger partial charge is 0.465 e. The van der Waals surface area contributed by atoms with Gasteiger partial charge in [0.15, 0.2) is 0 Å². The van der Waals surface area contributed by atoms with Gasteiger partial charge in [0.1, 0.15) is 11.4 Å². The molecular weight excluding hydrogens is 290 g/mol. The van der Waals surface area contributed by atoms with E-state index < -0.39 is 11.9 Å². The zero-order chi connectivity index (χ0) is 14.9. The number of nitrogens with zero attached hydrogens (tertiary/aromatic N) is 1. The first kappa shape index (κ1) is 14.7. The maximum atomic E-state index is 13.1. The van der Waals surface area contributed by atoms with E-state index >= 15 is 0 Å². The summed E-state index contributed by atoms with van der Waals surface area (Å²) in [6.07, 6.45) is 1.05. The van der Waals surface area contributed by atoms with Crippen molar-refractivity contribution in [3.8, 4) is 0 Å². The highest BCUT2D eigenvalue weighted by molar-refractivity contribution is 6.34. The molecule has 1 heterocycles. The third kappa shape index (κ3) is 2.90. The molecule has 0 aromatic carbocycles. The number of hydrogen-bond acceptors (Lipinski definition) is 4. The van der Waals surface area contributed by atoms with Gasteiger partial charge in [0, 0.05) is 12.8 Å². The van der Waals surface area contributed by atoms with Crippen LogP contribution in [0.25, 0.3) is 5.57 Å². The van der Waals surface area contributed by atoms with Gasteiger partial charge < -0.3 is 10.5 Å². The zero-order valence-corrected chi connectivity index (χ0v) is 11.5. The number of aromatic nitrogens is 1. The lowest BCUT2D eigenvalue weighted by molar-refractivity contribution is -0.00605. The molecule has 0 amide bonds. The van der Waals surface area contributed by atoms with Gasteiger partial charge in [0.2, 0.25) is 0 Å². The average molecular weight is 303 g/mol. The van der Waals surface area contributed by atoms with Crippen molar-refractivity contribution in [1.29, 1.82) is 0 Å². The van der Waals surface area contributed by atoms with Gasteiger partial charge in [-0.05, 0) is 18.1 Å². The fourth-order valence-corrected chi connectivity index (χ4v) is 2.31. The number of carbonyl (C=O) groups is 1. The number of anilines is 1. The molecule has 0 bridgehead atoms. The third-order valence-corrected chi connectivity index (χ3v) is 3.42. The molecule has 20 heavy (non-hydrogen) atoms. The molecule has 0 saturated heterocycles. The van der Waals surface area contributed by atoms with Gasteiger partial charge >= 0.3 is 5.97 Å². The molecule has 0 atom stereocenters. The summed E-state index contributed by atoms with van der Waals surface area (Å²) in [5, 5.41) is 0.0950. The molecule has 2 rings (SSSR count). The van der Waals surface area contributed by atoms with E-state index in [1.165, 1.54) is 19.3 Å². The Bertz CT molecular complexity index is 565. The van der Waals surface area contributed by atoms with Crippen LogP contribution in [0.5, 0.6) is 0 Å². The molecule has 7 heteroatoms. The van der Waals surface area contributed by atoms with Gasteiger partial charge in [-0.2, -0.15) is 0 Å². The molecular formula is C13H13ClF2N2O2. The number of nitrogen functional groups attached to an aromatic ring is 1. The number of nitrogens with two attached hydrogens (primary N) is 1. The monoisotopic (exact) mass is 302 g/mol. The molecule has 1 aliphatic rings. The molecule has 0 unspecified atom stereocenters. The van der Waals surface area contributed by atoms with Crippen molar-refractivity contribution in [2.45, 2.75) is 25.2 Å². The number of pyridine rings is 1. The summed E-state index contributed by atoms with van der Waals surface area (Å²) >= 11 is 5.99. The normalized spacial score (nSPS) is 17.5. The molecule has 2 N–H and O–H groups in total. The van der Waals surface area contributed by atoms with Crippen molar-refractivity contribution in [2.75, 3.05) is 12.8 Å². The average Bonchev–Trinajstić information content (AvgIpc) is 2.37. The van der Waals surface area contributed by atoms with Gasteiger partial charge in [0.25, 0.3) is 5.92 Å². The lowest BCUT2D eigenvalue weighted by Gasteiger charge is -2.21. The van der Waals surface area contributed by atoms with Crippen LogP contribution in [-0.4, -0.2) is 24.0 Å². The predicted octanol–water partition coefficient (Wildman–Crippen LogP) is 3.31. The number of allylic oxidation sites excluding steroid dienone is 2. The summed E-state index contributed by atoms with van der Waals surface area (Å²) < 4.78 is 30.7. The number of alkyl halides is 2. The number of rotatable bonds is 2. The minimum absolute atomic E-state index is 0.0142. The Labute approximate surface area is 119 Å². The second-order valence-corrected chi connectivity index (χ2v) is 4.94. The summed E-state index contributed by atoms with van der Waals surface area (Å²) in [7, 11) is 1.21. The van der Waals surface area contributed by atoms with Crippen molar-refractivity contribution in [3.63, 3.8) is 0 Å². The van der Waals surface area contributed by atoms with E-state index in [2.05, 4.69) is 9.72 Å². The van der Waals surface area contributed by atoms with Crippen molar-refractivity contribution >= 4 is 29.0 Å². The van der Waals surface area contributed by atoms with Crippen LogP contribution < -0.4 is 5.73 Å². The van der Waals surface area contributed by atoms with E-state index in [9.17, 15) is 13.6 Å². The number of methoxy groups -OCH3 is 1. The van der Waals surface area contributed by atoms with Crippen molar-refractivity contribution in [3.05, 3.63) is 28.4 Å². The fourth-order valence-electron chi connectivity index (χ4n) is 2.03. The molecule has 108 valence electrons. The molecule has 0 radical (unpaired) electrons. The second kappa shape index (κ2) is 5.36. The van der Waals surface area contributed by atoms with Gasteiger partial charge in [-0.3, -0.25) is 0 Å². The van der Waals surface area contributed by atoms with Crippen LogP contribution in [0, 0.1) is 0 Å². The van der Waals surface area contributed by atoms with Crippen LogP contribution in [0.4, 0.5) is 14.6 Å². The maximum absolute atomic E-state index is 13.1. The van der Waals surface area contributed by atoms with Crippen LogP contribution in [-0.2, 0) is 4.74 Å². The molecule has 0 aliphatic heterocycles. The predicted molar refractivity (Wildman–Crippen MR) is 71.8 cm³/mol. The SMILES string of the molecule is COC(=O)c1c(Cl)cc(C2=CCC(F)(F)CC2)nc1N. The van der Waals surface area contributed by atoms with Gasteiger partial charge in [-0.15, -0.1) is 0 Å². The smallest absolute Gasteiger partial charge is 0.343 e. The first-order valence-corrected chi connectivity index (χ1v) is 6.33. The maximum Gasteiger partial charge on any atom is 0.343 e. The molecule has 4 nitrogen and oxygen atoms in total. The Hall–Kier alpha value is -1.69. The highest BCUT2D eigenvalue weighted by atomic mass is 35.5. The number of carbonyl (C=O) groups excluding carboxylic acids is 1. The van der Waals surface area contributed by atoms with E-state index in [0.29, 0.717) is 11.3 Å². The van der Waals surface area contributed by atoms with E-state index in [0.717, 1.165) is 0 Å². The summed E-state index contributed by atoms with van der Waals surface area (Å²) in [5.41, 5.74) is 6.74. The topological polar surface area (TPSA) is 65.2 Å². The standard InChI is InChI=1S/C13H13ClF2N2O2/c1-20-12(19)10-8(14)6-9(18-11(10)17)7-2-4-13(15,16)5-3-7/h2,6H,3-5H2,1H3,(H2,17,18). The lowest BCUT2D eigenvalue weighted by atomic mass is 9.94. The number of esters is 1. The first-order valence-electron chi connectivity index (χ1n) is 5.95. The Morgan fingerprint density at radius 3 is 2.75 bits per heavy atom. The van der Waals surface area contributed by atoms with Crippen LogP contribution in [0.2, 0.25) is 5.02 Å². The summed E-state index contributed by atoms with van der Waals surface area (Å²) in [5.74, 6) is -3.43. The van der Waals surface area contributed by atoms with Gasteiger partial charge in [0.05, 0.1) is 17.8 Å². The van der Waals surface area contributed by atoms with Crippen molar-refractivity contribution in [2.24, 2.45) is 0 Å². The quantitative estimate of drug-likeness (QED) is 0.851. The molecule has 1 aromatic rings. The Balaban J connectivity index is 2.37. The lowest BCUT2D eigenvalue weighted by Crippen LogP contribution is -2.18. The first-order chi connectivity index (χ1) is 9.34. The Kier molecular flexibility index (Phi) is 3.94. The molecule has 1 aliphatic carbocycles. The van der Waals surface area contributed by atoms with Crippen molar-refractivity contribution in [1.82, 2.24) is 4.98 Å². The molecule has 0 fully saturated rings. The van der Waals surface area contributed by atoms with Crippen LogP contribution >= 0.6 is 11.6 Å². The fraction of sp³-hybridized carbons (Fsp3) is 0.385. The number of halogens is 3.